The number of fused-ring (bicyclic) bond motifs is 2. The molecule has 0 aromatic heterocycles. The van der Waals surface area contributed by atoms with Crippen molar-refractivity contribution >= 4 is 17.7 Å². The summed E-state index contributed by atoms with van der Waals surface area (Å²) in [5.74, 6) is 0.569. The molecule has 3 aliphatic rings. The van der Waals surface area contributed by atoms with Crippen molar-refractivity contribution in [3.63, 3.8) is 0 Å². The van der Waals surface area contributed by atoms with Gasteiger partial charge in [-0.2, -0.15) is 0 Å². The molecule has 7 rings (SSSR count). The second-order valence-corrected chi connectivity index (χ2v) is 11.7. The molecule has 3 atom stereocenters. The number of ether oxygens (including phenoxy) is 1. The molecule has 6 heteroatoms. The molecular weight excluding hydrogens is 524 g/mol. The lowest BCUT2D eigenvalue weighted by Crippen LogP contribution is -2.52. The van der Waals surface area contributed by atoms with Crippen LogP contribution in [0.1, 0.15) is 74.0 Å². The number of carbonyl (C=O) groups excluding carboxylic acids is 3. The van der Waals surface area contributed by atoms with Gasteiger partial charge in [-0.05, 0) is 65.3 Å². The van der Waals surface area contributed by atoms with E-state index in [-0.39, 0.29) is 36.0 Å². The third-order valence-electron chi connectivity index (χ3n) is 8.89. The number of carbonyl (C=O) groups is 3. The fourth-order valence-corrected chi connectivity index (χ4v) is 6.73. The van der Waals surface area contributed by atoms with Crippen molar-refractivity contribution in [2.24, 2.45) is 0 Å². The Morgan fingerprint density at radius 1 is 0.857 bits per heavy atom. The molecule has 0 spiro atoms. The predicted molar refractivity (Wildman–Crippen MR) is 159 cm³/mol. The molecule has 1 unspecified atom stereocenters. The van der Waals surface area contributed by atoms with Gasteiger partial charge < -0.3 is 9.64 Å². The fourth-order valence-electron chi connectivity index (χ4n) is 6.73. The smallest absolute Gasteiger partial charge is 0.255 e. The van der Waals surface area contributed by atoms with Crippen molar-refractivity contribution < 1.29 is 19.1 Å². The number of nitrogens with one attached hydrogen (secondary N) is 1. The van der Waals surface area contributed by atoms with Crippen LogP contribution in [0.15, 0.2) is 91.0 Å². The van der Waals surface area contributed by atoms with E-state index in [2.05, 4.69) is 91.1 Å². The van der Waals surface area contributed by atoms with Gasteiger partial charge in [0.05, 0.1) is 6.61 Å². The number of aryl methyl sites for hydroxylation is 1. The Kier molecular flexibility index (Phi) is 6.62. The largest absolute Gasteiger partial charge is 0.493 e. The molecule has 4 aromatic rings. The number of amides is 3. The number of hydrogen-bond acceptors (Lipinski definition) is 4. The summed E-state index contributed by atoms with van der Waals surface area (Å²) in [6, 6.07) is 31.4. The van der Waals surface area contributed by atoms with Gasteiger partial charge in [-0.25, -0.2) is 0 Å². The van der Waals surface area contributed by atoms with E-state index >= 15 is 0 Å². The summed E-state index contributed by atoms with van der Waals surface area (Å²) in [4.78, 5) is 38.6. The second kappa shape index (κ2) is 10.6. The van der Waals surface area contributed by atoms with Crippen LogP contribution in [-0.2, 0) is 22.6 Å². The third kappa shape index (κ3) is 4.77. The average Bonchev–Trinajstić information content (AvgIpc) is 3.32. The normalized spacial score (nSPS) is 21.4. The van der Waals surface area contributed by atoms with Gasteiger partial charge in [-0.15, -0.1) is 0 Å². The van der Waals surface area contributed by atoms with Gasteiger partial charge in [0.2, 0.25) is 11.8 Å². The van der Waals surface area contributed by atoms with Crippen LogP contribution in [0.5, 0.6) is 5.75 Å². The Labute approximate surface area is 245 Å². The summed E-state index contributed by atoms with van der Waals surface area (Å²) in [6.07, 6.45) is 1.36. The monoisotopic (exact) mass is 556 g/mol. The topological polar surface area (TPSA) is 75.7 Å². The zero-order valence-electron chi connectivity index (χ0n) is 23.5. The van der Waals surface area contributed by atoms with E-state index < -0.39 is 6.04 Å². The summed E-state index contributed by atoms with van der Waals surface area (Å²) in [7, 11) is 0. The average molecular weight is 557 g/mol. The Bertz CT molecular complexity index is 1700. The van der Waals surface area contributed by atoms with Crippen molar-refractivity contribution in [3.05, 3.63) is 136 Å². The summed E-state index contributed by atoms with van der Waals surface area (Å²) in [6.45, 7) is 3.12. The Morgan fingerprint density at radius 2 is 1.64 bits per heavy atom. The zero-order valence-corrected chi connectivity index (χ0v) is 23.5. The molecule has 6 nitrogen and oxygen atoms in total. The molecule has 3 heterocycles. The van der Waals surface area contributed by atoms with Crippen LogP contribution in [-0.4, -0.2) is 35.3 Å². The molecule has 3 amide bonds. The SMILES string of the molecule is Cc1ccc2c(c1)OC[C@H](c1ccccc1)[C@@H]2c1ccc(Cc2ccc3c(c2)CN(C2CCC(=O)NC2=O)C3=O)cc1. The Morgan fingerprint density at radius 3 is 2.43 bits per heavy atom. The molecule has 42 heavy (non-hydrogen) atoms. The first-order valence-corrected chi connectivity index (χ1v) is 14.6. The van der Waals surface area contributed by atoms with E-state index in [0.29, 0.717) is 25.1 Å². The minimum absolute atomic E-state index is 0.143. The number of rotatable bonds is 5. The molecule has 0 saturated carbocycles. The molecule has 0 bridgehead atoms. The van der Waals surface area contributed by atoms with Crippen molar-refractivity contribution in [3.8, 4) is 5.75 Å². The summed E-state index contributed by atoms with van der Waals surface area (Å²) in [5.41, 5.74) is 8.83. The maximum atomic E-state index is 13.1. The van der Waals surface area contributed by atoms with Crippen molar-refractivity contribution in [2.75, 3.05) is 6.61 Å². The van der Waals surface area contributed by atoms with Crippen LogP contribution in [0.3, 0.4) is 0 Å². The number of nitrogens with zero attached hydrogens (tertiary/aromatic N) is 1. The molecule has 1 N–H and O–H groups in total. The van der Waals surface area contributed by atoms with Gasteiger partial charge in [0.25, 0.3) is 5.91 Å². The van der Waals surface area contributed by atoms with E-state index in [1.54, 1.807) is 4.90 Å². The van der Waals surface area contributed by atoms with Gasteiger partial charge in [-0.3, -0.25) is 19.7 Å². The van der Waals surface area contributed by atoms with Crippen molar-refractivity contribution in [1.29, 1.82) is 0 Å². The zero-order chi connectivity index (χ0) is 28.8. The first-order chi connectivity index (χ1) is 20.4. The lowest BCUT2D eigenvalue weighted by Gasteiger charge is -2.34. The number of piperidine rings is 1. The second-order valence-electron chi connectivity index (χ2n) is 11.7. The first-order valence-electron chi connectivity index (χ1n) is 14.6. The molecule has 210 valence electrons. The summed E-state index contributed by atoms with van der Waals surface area (Å²) < 4.78 is 6.26. The van der Waals surface area contributed by atoms with Crippen LogP contribution >= 0.6 is 0 Å². The molecule has 1 fully saturated rings. The standard InChI is InChI=1S/C36H32N2O4/c1-22-7-13-29-32(17-22)42-21-30(25-5-3-2-4-6-25)34(29)26-11-8-23(9-12-26)18-24-10-14-28-27(19-24)20-38(36(28)41)31-15-16-33(39)37-35(31)40/h2-14,17,19,30-31,34H,15-16,18,20-21H2,1H3,(H,37,39,40)/t30-,31?,34-/m1/s1. The highest BCUT2D eigenvalue weighted by Crippen LogP contribution is 2.46. The summed E-state index contributed by atoms with van der Waals surface area (Å²) >= 11 is 0. The van der Waals surface area contributed by atoms with Gasteiger partial charge >= 0.3 is 0 Å². The van der Waals surface area contributed by atoms with E-state index in [4.69, 9.17) is 4.74 Å². The van der Waals surface area contributed by atoms with E-state index in [9.17, 15) is 14.4 Å². The van der Waals surface area contributed by atoms with Gasteiger partial charge in [0, 0.05) is 35.9 Å². The quantitative estimate of drug-likeness (QED) is 0.322. The molecular formula is C36H32N2O4. The van der Waals surface area contributed by atoms with Crippen LogP contribution in [0.4, 0.5) is 0 Å². The van der Waals surface area contributed by atoms with Gasteiger partial charge in [0.15, 0.2) is 0 Å². The highest BCUT2D eigenvalue weighted by Gasteiger charge is 2.39. The van der Waals surface area contributed by atoms with Gasteiger partial charge in [0.1, 0.15) is 11.8 Å². The molecule has 4 aromatic carbocycles. The molecule has 0 radical (unpaired) electrons. The van der Waals surface area contributed by atoms with E-state index in [1.807, 2.05) is 12.1 Å². The fraction of sp³-hybridized carbons (Fsp3) is 0.250. The Balaban J connectivity index is 1.12. The van der Waals surface area contributed by atoms with Crippen LogP contribution in [0.2, 0.25) is 0 Å². The molecule has 3 aliphatic heterocycles. The number of imide groups is 1. The number of benzene rings is 4. The van der Waals surface area contributed by atoms with Crippen molar-refractivity contribution in [1.82, 2.24) is 10.2 Å². The lowest BCUT2D eigenvalue weighted by molar-refractivity contribution is -0.136. The van der Waals surface area contributed by atoms with E-state index in [0.717, 1.165) is 23.3 Å². The third-order valence-corrected chi connectivity index (χ3v) is 8.89. The van der Waals surface area contributed by atoms with Crippen LogP contribution < -0.4 is 10.1 Å². The highest BCUT2D eigenvalue weighted by molar-refractivity contribution is 6.05. The number of hydrogen-bond donors (Lipinski definition) is 1. The molecule has 0 aliphatic carbocycles. The minimum Gasteiger partial charge on any atom is -0.493 e. The Hall–Kier alpha value is -4.71. The summed E-state index contributed by atoms with van der Waals surface area (Å²) in [5, 5.41) is 2.37. The lowest BCUT2D eigenvalue weighted by atomic mass is 9.75. The maximum Gasteiger partial charge on any atom is 0.255 e. The van der Waals surface area contributed by atoms with E-state index in [1.165, 1.54) is 27.8 Å². The highest BCUT2D eigenvalue weighted by atomic mass is 16.5. The van der Waals surface area contributed by atoms with Crippen LogP contribution in [0, 0.1) is 6.92 Å². The van der Waals surface area contributed by atoms with Crippen LogP contribution in [0.25, 0.3) is 0 Å². The predicted octanol–water partition coefficient (Wildman–Crippen LogP) is 5.65. The van der Waals surface area contributed by atoms with Crippen molar-refractivity contribution in [2.45, 2.75) is 50.6 Å². The first kappa shape index (κ1) is 26.2. The maximum absolute atomic E-state index is 13.1. The molecule has 1 saturated heterocycles. The minimum atomic E-state index is -0.600. The van der Waals surface area contributed by atoms with Gasteiger partial charge in [-0.1, -0.05) is 78.9 Å².